The number of nitrogens with zero attached hydrogens (tertiary/aromatic N) is 3. The van der Waals surface area contributed by atoms with Crippen molar-refractivity contribution in [1.82, 2.24) is 4.98 Å². The van der Waals surface area contributed by atoms with E-state index >= 15 is 0 Å². The zero-order valence-corrected chi connectivity index (χ0v) is 19.0. The number of nitriles is 1. The molecule has 0 bridgehead atoms. The third-order valence-corrected chi connectivity index (χ3v) is 7.72. The fraction of sp³-hybridized carbons (Fsp3) is 0.120. The van der Waals surface area contributed by atoms with Gasteiger partial charge in [0.05, 0.1) is 25.3 Å². The molecule has 1 atom stereocenters. The van der Waals surface area contributed by atoms with Crippen LogP contribution in [-0.4, -0.2) is 20.5 Å². The van der Waals surface area contributed by atoms with Crippen molar-refractivity contribution in [3.63, 3.8) is 0 Å². The molecule has 0 fully saturated rings. The highest BCUT2D eigenvalue weighted by Gasteiger charge is 2.47. The third kappa shape index (κ3) is 3.36. The summed E-state index contributed by atoms with van der Waals surface area (Å²) < 4.78 is 40.8. The zero-order valence-electron chi connectivity index (χ0n) is 18.2. The number of allylic oxidation sites excluding steroid dienone is 2. The number of para-hydroxylation sites is 1. The molecule has 0 spiro atoms. The SMILES string of the molecule is COc1cccc(CN2c3ccccc3C3=C(C(c4cccnc4)C(C#N)=C(N)O3)S2(=O)=O)c1. The lowest BCUT2D eigenvalue weighted by Gasteiger charge is -2.38. The van der Waals surface area contributed by atoms with Gasteiger partial charge in [-0.2, -0.15) is 5.26 Å². The van der Waals surface area contributed by atoms with E-state index in [1.54, 1.807) is 67.9 Å². The van der Waals surface area contributed by atoms with Crippen LogP contribution in [0.15, 0.2) is 89.4 Å². The second-order valence-electron chi connectivity index (χ2n) is 7.78. The number of ether oxygens (including phenoxy) is 2. The minimum Gasteiger partial charge on any atom is -0.497 e. The zero-order chi connectivity index (χ0) is 23.9. The minimum atomic E-state index is -4.14. The molecule has 5 rings (SSSR count). The molecular formula is C25H20N4O4S. The Labute approximate surface area is 197 Å². The summed E-state index contributed by atoms with van der Waals surface area (Å²) >= 11 is 0. The maximum absolute atomic E-state index is 14.2. The predicted octanol–water partition coefficient (Wildman–Crippen LogP) is 3.62. The van der Waals surface area contributed by atoms with E-state index in [0.29, 0.717) is 22.6 Å². The number of pyridine rings is 1. The average molecular weight is 473 g/mol. The Balaban J connectivity index is 1.74. The van der Waals surface area contributed by atoms with Gasteiger partial charge >= 0.3 is 0 Å². The second kappa shape index (κ2) is 8.24. The van der Waals surface area contributed by atoms with Gasteiger partial charge in [0.2, 0.25) is 5.88 Å². The number of hydrogen-bond donors (Lipinski definition) is 1. The number of nitrogens with two attached hydrogens (primary N) is 1. The standard InChI is InChI=1S/C25H20N4O4S/c1-32-18-8-4-6-16(12-18)15-29-21-10-3-2-9-19(21)23-24(34(29,30)31)22(17-7-5-11-28-14-17)20(13-26)25(27)33-23/h2-12,14,22H,15,27H2,1H3. The number of sulfonamides is 1. The monoisotopic (exact) mass is 472 g/mol. The van der Waals surface area contributed by atoms with E-state index < -0.39 is 15.9 Å². The van der Waals surface area contributed by atoms with Crippen LogP contribution in [0.3, 0.4) is 0 Å². The van der Waals surface area contributed by atoms with E-state index in [1.807, 2.05) is 12.1 Å². The molecule has 170 valence electrons. The third-order valence-electron chi connectivity index (χ3n) is 5.84. The van der Waals surface area contributed by atoms with Crippen LogP contribution >= 0.6 is 0 Å². The Hall–Kier alpha value is -4.29. The highest BCUT2D eigenvalue weighted by atomic mass is 32.2. The fourth-order valence-electron chi connectivity index (χ4n) is 4.30. The molecule has 1 aromatic heterocycles. The summed E-state index contributed by atoms with van der Waals surface area (Å²) in [5, 5.41) is 9.87. The van der Waals surface area contributed by atoms with Crippen LogP contribution in [0.4, 0.5) is 5.69 Å². The van der Waals surface area contributed by atoms with Gasteiger partial charge in [-0.1, -0.05) is 30.3 Å². The van der Waals surface area contributed by atoms with E-state index in [4.69, 9.17) is 15.2 Å². The van der Waals surface area contributed by atoms with E-state index in [9.17, 15) is 13.7 Å². The van der Waals surface area contributed by atoms with Gasteiger partial charge in [0, 0.05) is 18.0 Å². The Morgan fingerprint density at radius 2 is 2.00 bits per heavy atom. The largest absolute Gasteiger partial charge is 0.497 e. The Morgan fingerprint density at radius 1 is 1.18 bits per heavy atom. The maximum atomic E-state index is 14.2. The van der Waals surface area contributed by atoms with Gasteiger partial charge < -0.3 is 15.2 Å². The molecular weight excluding hydrogens is 452 g/mol. The Bertz CT molecular complexity index is 1490. The van der Waals surface area contributed by atoms with Gasteiger partial charge in [-0.3, -0.25) is 9.29 Å². The Morgan fingerprint density at radius 3 is 2.74 bits per heavy atom. The van der Waals surface area contributed by atoms with Gasteiger partial charge in [0.25, 0.3) is 10.0 Å². The molecule has 9 heteroatoms. The normalized spacial score (nSPS) is 18.5. The molecule has 1 unspecified atom stereocenters. The molecule has 2 aliphatic heterocycles. The number of rotatable bonds is 4. The van der Waals surface area contributed by atoms with Gasteiger partial charge in [0.15, 0.2) is 5.76 Å². The lowest BCUT2D eigenvalue weighted by atomic mass is 9.89. The summed E-state index contributed by atoms with van der Waals surface area (Å²) in [5.74, 6) is -0.324. The van der Waals surface area contributed by atoms with Crippen LogP contribution in [0.1, 0.15) is 22.6 Å². The highest BCUT2D eigenvalue weighted by molar-refractivity contribution is 7.96. The van der Waals surface area contributed by atoms with Crippen molar-refractivity contribution >= 4 is 21.5 Å². The lowest BCUT2D eigenvalue weighted by molar-refractivity contribution is 0.357. The number of hydrogen-bond acceptors (Lipinski definition) is 7. The smallest absolute Gasteiger partial charge is 0.265 e. The molecule has 3 aromatic rings. The molecule has 0 aliphatic carbocycles. The molecule has 2 N–H and O–H groups in total. The van der Waals surface area contributed by atoms with E-state index in [-0.39, 0.29) is 28.7 Å². The van der Waals surface area contributed by atoms with Gasteiger partial charge in [-0.05, 0) is 41.5 Å². The summed E-state index contributed by atoms with van der Waals surface area (Å²) in [7, 11) is -2.58. The number of anilines is 1. The van der Waals surface area contributed by atoms with Gasteiger partial charge in [0.1, 0.15) is 22.3 Å². The first-order valence-corrected chi connectivity index (χ1v) is 11.9. The van der Waals surface area contributed by atoms with Crippen LogP contribution in [0, 0.1) is 11.3 Å². The quantitative estimate of drug-likeness (QED) is 0.616. The summed E-state index contributed by atoms with van der Waals surface area (Å²) in [6, 6.07) is 19.7. The lowest BCUT2D eigenvalue weighted by Crippen LogP contribution is -2.39. The van der Waals surface area contributed by atoms with Crippen LogP contribution in [0.2, 0.25) is 0 Å². The van der Waals surface area contributed by atoms with Crippen molar-refractivity contribution < 1.29 is 17.9 Å². The Kier molecular flexibility index (Phi) is 5.23. The van der Waals surface area contributed by atoms with Crippen LogP contribution in [0.25, 0.3) is 5.76 Å². The van der Waals surface area contributed by atoms with Gasteiger partial charge in [-0.25, -0.2) is 8.42 Å². The fourth-order valence-corrected chi connectivity index (χ4v) is 6.21. The first-order chi connectivity index (χ1) is 16.5. The number of fused-ring (bicyclic) bond motifs is 2. The van der Waals surface area contributed by atoms with Crippen molar-refractivity contribution in [3.8, 4) is 11.8 Å². The highest BCUT2D eigenvalue weighted by Crippen LogP contribution is 2.51. The number of methoxy groups -OCH3 is 1. The minimum absolute atomic E-state index is 0.0241. The molecule has 0 saturated heterocycles. The van der Waals surface area contributed by atoms with Crippen LogP contribution in [0.5, 0.6) is 5.75 Å². The molecule has 0 saturated carbocycles. The summed E-state index contributed by atoms with van der Waals surface area (Å²) in [4.78, 5) is 4.10. The average Bonchev–Trinajstić information content (AvgIpc) is 2.86. The first-order valence-electron chi connectivity index (χ1n) is 10.4. The molecule has 8 nitrogen and oxygen atoms in total. The summed E-state index contributed by atoms with van der Waals surface area (Å²) in [5.41, 5.74) is 8.45. The number of benzene rings is 2. The van der Waals surface area contributed by atoms with Crippen molar-refractivity contribution in [3.05, 3.63) is 106 Å². The van der Waals surface area contributed by atoms with Crippen molar-refractivity contribution in [2.24, 2.45) is 5.73 Å². The van der Waals surface area contributed by atoms with E-state index in [1.165, 1.54) is 10.5 Å². The van der Waals surface area contributed by atoms with Crippen LogP contribution in [-0.2, 0) is 21.3 Å². The molecule has 34 heavy (non-hydrogen) atoms. The van der Waals surface area contributed by atoms with E-state index in [0.717, 1.165) is 5.56 Å². The maximum Gasteiger partial charge on any atom is 0.265 e. The second-order valence-corrected chi connectivity index (χ2v) is 9.62. The summed E-state index contributed by atoms with van der Waals surface area (Å²) in [6.07, 6.45) is 3.12. The summed E-state index contributed by atoms with van der Waals surface area (Å²) in [6.45, 7) is 0.0637. The first kappa shape index (κ1) is 21.6. The molecule has 3 heterocycles. The van der Waals surface area contributed by atoms with Crippen molar-refractivity contribution in [1.29, 1.82) is 5.26 Å². The number of aromatic nitrogens is 1. The van der Waals surface area contributed by atoms with Crippen molar-refractivity contribution in [2.75, 3.05) is 11.4 Å². The van der Waals surface area contributed by atoms with Gasteiger partial charge in [-0.15, -0.1) is 0 Å². The predicted molar refractivity (Wildman–Crippen MR) is 126 cm³/mol. The molecule has 0 amide bonds. The van der Waals surface area contributed by atoms with Crippen molar-refractivity contribution in [2.45, 2.75) is 12.5 Å². The van der Waals surface area contributed by atoms with Crippen LogP contribution < -0.4 is 14.8 Å². The molecule has 2 aromatic carbocycles. The molecule has 0 radical (unpaired) electrons. The topological polar surface area (TPSA) is 119 Å². The molecule has 2 aliphatic rings. The van der Waals surface area contributed by atoms with E-state index in [2.05, 4.69) is 4.98 Å².